The van der Waals surface area contributed by atoms with Crippen molar-refractivity contribution in [1.29, 1.82) is 0 Å². The normalized spacial score (nSPS) is 26.8. The van der Waals surface area contributed by atoms with Gasteiger partial charge in [-0.1, -0.05) is 6.92 Å². The molecule has 0 aliphatic heterocycles. The van der Waals surface area contributed by atoms with Crippen molar-refractivity contribution < 1.29 is 9.74 Å². The highest BCUT2D eigenvalue weighted by molar-refractivity contribution is 5.94. The average Bonchev–Trinajstić information content (AvgIpc) is 2.92. The largest absolute Gasteiger partial charge is 0.397 e. The molecule has 1 aliphatic carbocycles. The Hall–Kier alpha value is -1.82. The van der Waals surface area contributed by atoms with E-state index in [0.717, 1.165) is 31.4 Å². The quantitative estimate of drug-likeness (QED) is 0.743. The summed E-state index contributed by atoms with van der Waals surface area (Å²) in [7, 11) is 0. The highest BCUT2D eigenvalue weighted by Crippen LogP contribution is 2.33. The predicted octanol–water partition coefficient (Wildman–Crippen LogP) is 2.16. The molecule has 0 unspecified atom stereocenters. The summed E-state index contributed by atoms with van der Waals surface area (Å²) < 4.78 is 4.73. The van der Waals surface area contributed by atoms with Gasteiger partial charge in [-0.05, 0) is 54.0 Å². The number of nitrogens with one attached hydrogen (secondary N) is 1. The molecule has 6 nitrogen and oxygen atoms in total. The second kappa shape index (κ2) is 4.94. The number of anilines is 2. The minimum atomic E-state index is -0.641. The Morgan fingerprint density at radius 2 is 2.05 bits per heavy atom. The fourth-order valence-electron chi connectivity index (χ4n) is 2.76. The standard InChI is InChI=1S/C14H20N4O2/c1-9-4-6-14(19,7-5-9)8-16-11-3-2-10(15)12-13(11)18-20-17-12/h2-3,9,16,19H,4-8,15H2,1H3. The van der Waals surface area contributed by atoms with Crippen molar-refractivity contribution in [3.8, 4) is 0 Å². The van der Waals surface area contributed by atoms with Crippen LogP contribution in [0.4, 0.5) is 11.4 Å². The molecule has 1 fully saturated rings. The monoisotopic (exact) mass is 276 g/mol. The fraction of sp³-hybridized carbons (Fsp3) is 0.571. The van der Waals surface area contributed by atoms with Gasteiger partial charge < -0.3 is 16.2 Å². The first-order chi connectivity index (χ1) is 9.57. The summed E-state index contributed by atoms with van der Waals surface area (Å²) in [6.45, 7) is 2.74. The molecule has 2 aromatic rings. The molecule has 0 saturated heterocycles. The number of aliphatic hydroxyl groups is 1. The molecule has 3 rings (SSSR count). The Morgan fingerprint density at radius 3 is 2.80 bits per heavy atom. The molecule has 0 atom stereocenters. The third-order valence-corrected chi connectivity index (χ3v) is 4.26. The molecule has 0 radical (unpaired) electrons. The molecule has 1 heterocycles. The smallest absolute Gasteiger partial charge is 0.160 e. The van der Waals surface area contributed by atoms with Crippen molar-refractivity contribution in [3.05, 3.63) is 12.1 Å². The topological polar surface area (TPSA) is 97.2 Å². The maximum atomic E-state index is 10.6. The number of nitrogens with two attached hydrogens (primary N) is 1. The van der Waals surface area contributed by atoms with E-state index in [9.17, 15) is 5.11 Å². The van der Waals surface area contributed by atoms with E-state index in [1.165, 1.54) is 0 Å². The molecular weight excluding hydrogens is 256 g/mol. The molecule has 1 saturated carbocycles. The Labute approximate surface area is 117 Å². The van der Waals surface area contributed by atoms with E-state index in [1.807, 2.05) is 6.07 Å². The number of aromatic nitrogens is 2. The van der Waals surface area contributed by atoms with Crippen LogP contribution in [0.3, 0.4) is 0 Å². The molecule has 0 bridgehead atoms. The number of fused-ring (bicyclic) bond motifs is 1. The molecule has 0 amide bonds. The summed E-state index contributed by atoms with van der Waals surface area (Å²) in [5.41, 5.74) is 7.67. The number of nitrogens with zero attached hydrogens (tertiary/aromatic N) is 2. The first-order valence-electron chi connectivity index (χ1n) is 7.04. The predicted molar refractivity (Wildman–Crippen MR) is 77.3 cm³/mol. The Morgan fingerprint density at radius 1 is 1.35 bits per heavy atom. The average molecular weight is 276 g/mol. The highest BCUT2D eigenvalue weighted by atomic mass is 16.6. The van der Waals surface area contributed by atoms with Crippen molar-refractivity contribution in [2.45, 2.75) is 38.2 Å². The molecule has 4 N–H and O–H groups in total. The Balaban J connectivity index is 1.74. The van der Waals surface area contributed by atoms with Crippen LogP contribution in [0.5, 0.6) is 0 Å². The number of hydrogen-bond donors (Lipinski definition) is 3. The number of nitrogen functional groups attached to an aromatic ring is 1. The highest BCUT2D eigenvalue weighted by Gasteiger charge is 2.31. The summed E-state index contributed by atoms with van der Waals surface area (Å²) in [6.07, 6.45) is 3.80. The lowest BCUT2D eigenvalue weighted by Gasteiger charge is -2.35. The second-order valence-electron chi connectivity index (χ2n) is 5.92. The van der Waals surface area contributed by atoms with Gasteiger partial charge in [0.05, 0.1) is 17.0 Å². The molecule has 0 spiro atoms. The van der Waals surface area contributed by atoms with E-state index in [2.05, 4.69) is 22.6 Å². The fourth-order valence-corrected chi connectivity index (χ4v) is 2.76. The lowest BCUT2D eigenvalue weighted by molar-refractivity contribution is 0.00503. The molecular formula is C14H20N4O2. The van der Waals surface area contributed by atoms with Crippen LogP contribution in [-0.4, -0.2) is 27.6 Å². The van der Waals surface area contributed by atoms with Crippen LogP contribution in [0.25, 0.3) is 11.0 Å². The second-order valence-corrected chi connectivity index (χ2v) is 5.92. The first-order valence-corrected chi connectivity index (χ1v) is 7.04. The van der Waals surface area contributed by atoms with Gasteiger partial charge in [0.25, 0.3) is 0 Å². The van der Waals surface area contributed by atoms with Crippen molar-refractivity contribution in [2.75, 3.05) is 17.6 Å². The van der Waals surface area contributed by atoms with Gasteiger partial charge in [0.1, 0.15) is 0 Å². The molecule has 1 aliphatic rings. The zero-order valence-corrected chi connectivity index (χ0v) is 11.6. The van der Waals surface area contributed by atoms with E-state index in [1.54, 1.807) is 6.07 Å². The van der Waals surface area contributed by atoms with Crippen molar-refractivity contribution in [1.82, 2.24) is 10.3 Å². The summed E-state index contributed by atoms with van der Waals surface area (Å²) in [5.74, 6) is 0.707. The molecule has 20 heavy (non-hydrogen) atoms. The van der Waals surface area contributed by atoms with Crippen LogP contribution in [0.1, 0.15) is 32.6 Å². The van der Waals surface area contributed by atoms with Gasteiger partial charge in [0.15, 0.2) is 11.0 Å². The van der Waals surface area contributed by atoms with Gasteiger partial charge in [0, 0.05) is 6.54 Å². The summed E-state index contributed by atoms with van der Waals surface area (Å²) in [5, 5.41) is 21.5. The third kappa shape index (κ3) is 2.43. The van der Waals surface area contributed by atoms with Gasteiger partial charge >= 0.3 is 0 Å². The van der Waals surface area contributed by atoms with E-state index in [0.29, 0.717) is 29.2 Å². The lowest BCUT2D eigenvalue weighted by Crippen LogP contribution is -2.40. The van der Waals surface area contributed by atoms with Crippen LogP contribution >= 0.6 is 0 Å². The minimum Gasteiger partial charge on any atom is -0.397 e. The van der Waals surface area contributed by atoms with Gasteiger partial charge in [-0.15, -0.1) is 0 Å². The maximum absolute atomic E-state index is 10.6. The van der Waals surface area contributed by atoms with Crippen LogP contribution in [0.15, 0.2) is 16.8 Å². The lowest BCUT2D eigenvalue weighted by atomic mass is 9.79. The van der Waals surface area contributed by atoms with Crippen molar-refractivity contribution in [3.63, 3.8) is 0 Å². The molecule has 1 aromatic carbocycles. The molecule has 1 aromatic heterocycles. The SMILES string of the molecule is CC1CCC(O)(CNc2ccc(N)c3nonc23)CC1. The van der Waals surface area contributed by atoms with Crippen LogP contribution in [0, 0.1) is 5.92 Å². The molecule has 108 valence electrons. The van der Waals surface area contributed by atoms with E-state index >= 15 is 0 Å². The van der Waals surface area contributed by atoms with E-state index in [4.69, 9.17) is 10.4 Å². The number of rotatable bonds is 3. The van der Waals surface area contributed by atoms with Gasteiger partial charge in [-0.3, -0.25) is 0 Å². The molecule has 6 heteroatoms. The van der Waals surface area contributed by atoms with Crippen molar-refractivity contribution in [2.24, 2.45) is 5.92 Å². The van der Waals surface area contributed by atoms with E-state index in [-0.39, 0.29) is 0 Å². The van der Waals surface area contributed by atoms with Crippen molar-refractivity contribution >= 4 is 22.4 Å². The zero-order chi connectivity index (χ0) is 14.2. The maximum Gasteiger partial charge on any atom is 0.160 e. The summed E-state index contributed by atoms with van der Waals surface area (Å²) in [6, 6.07) is 3.61. The summed E-state index contributed by atoms with van der Waals surface area (Å²) >= 11 is 0. The van der Waals surface area contributed by atoms with Gasteiger partial charge in [0.2, 0.25) is 0 Å². The van der Waals surface area contributed by atoms with E-state index < -0.39 is 5.60 Å². The Kier molecular flexibility index (Phi) is 3.25. The zero-order valence-electron chi connectivity index (χ0n) is 11.6. The van der Waals surface area contributed by atoms with Gasteiger partial charge in [-0.25, -0.2) is 4.63 Å². The first kappa shape index (κ1) is 13.2. The third-order valence-electron chi connectivity index (χ3n) is 4.26. The minimum absolute atomic E-state index is 0.506. The summed E-state index contributed by atoms with van der Waals surface area (Å²) in [4.78, 5) is 0. The number of benzene rings is 1. The number of hydrogen-bond acceptors (Lipinski definition) is 6. The van der Waals surface area contributed by atoms with Crippen LogP contribution < -0.4 is 11.1 Å². The Bertz CT molecular complexity index is 602. The van der Waals surface area contributed by atoms with Crippen LogP contribution in [0.2, 0.25) is 0 Å². The van der Waals surface area contributed by atoms with Gasteiger partial charge in [-0.2, -0.15) is 0 Å². The van der Waals surface area contributed by atoms with Crippen LogP contribution in [-0.2, 0) is 0 Å².